The second-order valence-corrected chi connectivity index (χ2v) is 6.36. The Morgan fingerprint density at radius 1 is 1.14 bits per heavy atom. The van der Waals surface area contributed by atoms with Crippen LogP contribution in [0, 0.1) is 0 Å². The molecule has 1 aromatic rings. The third kappa shape index (κ3) is 3.92. The lowest BCUT2D eigenvalue weighted by atomic mass is 10.2. The molecule has 0 fully saturated rings. The molecule has 0 aliphatic heterocycles. The van der Waals surface area contributed by atoms with Gasteiger partial charge in [0, 0.05) is 18.7 Å². The summed E-state index contributed by atoms with van der Waals surface area (Å²) in [5.74, 6) is 0. The van der Waals surface area contributed by atoms with Crippen molar-refractivity contribution in [3.05, 3.63) is 34.3 Å². The van der Waals surface area contributed by atoms with E-state index in [4.69, 9.17) is 8.85 Å². The van der Waals surface area contributed by atoms with Gasteiger partial charge in [0.2, 0.25) is 0 Å². The van der Waals surface area contributed by atoms with Crippen molar-refractivity contribution in [1.29, 1.82) is 0 Å². The second kappa shape index (κ2) is 6.34. The van der Waals surface area contributed by atoms with Crippen LogP contribution in [0.4, 0.5) is 0 Å². The highest BCUT2D eigenvalue weighted by Crippen LogP contribution is 2.12. The predicted molar refractivity (Wildman–Crippen MR) is 63.8 cm³/mol. The summed E-state index contributed by atoms with van der Waals surface area (Å²) in [5.41, 5.74) is 1.33. The van der Waals surface area contributed by atoms with Crippen molar-refractivity contribution in [2.75, 3.05) is 14.2 Å². The molecule has 0 N–H and O–H groups in total. The Morgan fingerprint density at radius 2 is 1.71 bits per heavy atom. The van der Waals surface area contributed by atoms with Gasteiger partial charge in [-0.25, -0.2) is 0 Å². The fraction of sp³-hybridized carbons (Fsp3) is 0.400. The average molecular weight is 275 g/mol. The van der Waals surface area contributed by atoms with Crippen molar-refractivity contribution in [1.82, 2.24) is 0 Å². The Hall–Kier alpha value is -0.163. The molecule has 0 saturated heterocycles. The van der Waals surface area contributed by atoms with Gasteiger partial charge in [0.1, 0.15) is 0 Å². The van der Waals surface area contributed by atoms with Crippen LogP contribution in [0.15, 0.2) is 28.7 Å². The molecule has 0 aromatic heterocycles. The largest absolute Gasteiger partial charge is 0.400 e. The fourth-order valence-corrected chi connectivity index (χ4v) is 2.76. The first-order valence-corrected chi connectivity index (χ1v) is 7.11. The maximum atomic E-state index is 5.25. The number of hydrogen-bond acceptors (Lipinski definition) is 2. The fourth-order valence-electron chi connectivity index (χ4n) is 1.27. The maximum absolute atomic E-state index is 5.25. The summed E-state index contributed by atoms with van der Waals surface area (Å²) in [7, 11) is 2.06. The minimum atomic E-state index is -1.39. The lowest BCUT2D eigenvalue weighted by molar-refractivity contribution is 0.277. The molecule has 2 nitrogen and oxygen atoms in total. The number of benzene rings is 1. The predicted octanol–water partition coefficient (Wildman–Crippen LogP) is 2.50. The van der Waals surface area contributed by atoms with E-state index in [-0.39, 0.29) is 0 Å². The Kier molecular flexibility index (Phi) is 5.40. The molecule has 1 rings (SSSR count). The van der Waals surface area contributed by atoms with E-state index in [1.807, 2.05) is 0 Å². The van der Waals surface area contributed by atoms with Gasteiger partial charge in [0.25, 0.3) is 0 Å². The van der Waals surface area contributed by atoms with Gasteiger partial charge in [-0.15, -0.1) is 0 Å². The number of hydrogen-bond donors (Lipinski definition) is 0. The van der Waals surface area contributed by atoms with Gasteiger partial charge < -0.3 is 8.85 Å². The molecule has 4 heteroatoms. The van der Waals surface area contributed by atoms with Crippen LogP contribution in [-0.4, -0.2) is 23.5 Å². The van der Waals surface area contributed by atoms with Crippen molar-refractivity contribution < 1.29 is 8.85 Å². The van der Waals surface area contributed by atoms with Crippen LogP contribution in [0.5, 0.6) is 0 Å². The summed E-state index contributed by atoms with van der Waals surface area (Å²) in [6.07, 6.45) is 1.03. The van der Waals surface area contributed by atoms with E-state index >= 15 is 0 Å². The number of aryl methyl sites for hydroxylation is 1. The van der Waals surface area contributed by atoms with Gasteiger partial charge in [-0.3, -0.25) is 0 Å². The van der Waals surface area contributed by atoms with Crippen molar-refractivity contribution >= 4 is 25.2 Å². The molecule has 1 aromatic carbocycles. The van der Waals surface area contributed by atoms with E-state index in [0.29, 0.717) is 0 Å². The zero-order chi connectivity index (χ0) is 10.4. The SMILES string of the molecule is CO[SiH](CCc1ccc(Br)cc1)OC. The summed E-state index contributed by atoms with van der Waals surface area (Å²) in [4.78, 5) is 0. The molecule has 0 radical (unpaired) electrons. The summed E-state index contributed by atoms with van der Waals surface area (Å²) in [5, 5.41) is 0. The maximum Gasteiger partial charge on any atom is 0.321 e. The zero-order valence-corrected chi connectivity index (χ0v) is 11.2. The topological polar surface area (TPSA) is 18.5 Å². The summed E-state index contributed by atoms with van der Waals surface area (Å²) in [6.45, 7) is 0. The Balaban J connectivity index is 2.41. The molecule has 14 heavy (non-hydrogen) atoms. The van der Waals surface area contributed by atoms with E-state index in [2.05, 4.69) is 40.2 Å². The first-order chi connectivity index (χ1) is 6.76. The zero-order valence-electron chi connectivity index (χ0n) is 8.50. The van der Waals surface area contributed by atoms with Crippen LogP contribution >= 0.6 is 15.9 Å². The van der Waals surface area contributed by atoms with Gasteiger partial charge >= 0.3 is 9.28 Å². The molecule has 78 valence electrons. The van der Waals surface area contributed by atoms with Crippen LogP contribution in [0.1, 0.15) is 5.56 Å². The minimum Gasteiger partial charge on any atom is -0.400 e. The molecule has 0 atom stereocenters. The Labute approximate surface area is 95.2 Å². The molecular weight excluding hydrogens is 260 g/mol. The van der Waals surface area contributed by atoms with Crippen LogP contribution in [0.3, 0.4) is 0 Å². The summed E-state index contributed by atoms with van der Waals surface area (Å²) < 4.78 is 11.6. The highest BCUT2D eigenvalue weighted by molar-refractivity contribution is 9.10. The molecule has 0 spiro atoms. The second-order valence-electron chi connectivity index (χ2n) is 3.07. The van der Waals surface area contributed by atoms with E-state index in [1.54, 1.807) is 14.2 Å². The van der Waals surface area contributed by atoms with E-state index in [9.17, 15) is 0 Å². The standard InChI is InChI=1S/C10H15BrO2Si/c1-12-14(13-2)8-7-9-3-5-10(11)6-4-9/h3-6,14H,7-8H2,1-2H3. The monoisotopic (exact) mass is 274 g/mol. The lowest BCUT2D eigenvalue weighted by Crippen LogP contribution is -2.19. The van der Waals surface area contributed by atoms with Crippen LogP contribution in [0.2, 0.25) is 6.04 Å². The third-order valence-electron chi connectivity index (χ3n) is 2.11. The summed E-state index contributed by atoms with van der Waals surface area (Å²) >= 11 is 3.41. The Morgan fingerprint density at radius 3 is 2.21 bits per heavy atom. The van der Waals surface area contributed by atoms with Gasteiger partial charge in [-0.1, -0.05) is 28.1 Å². The first kappa shape index (κ1) is 11.9. The molecular formula is C10H15BrO2Si. The normalized spacial score (nSPS) is 10.9. The quantitative estimate of drug-likeness (QED) is 0.769. The van der Waals surface area contributed by atoms with E-state index in [1.165, 1.54) is 5.56 Å². The smallest absolute Gasteiger partial charge is 0.321 e. The highest BCUT2D eigenvalue weighted by Gasteiger charge is 2.08. The molecule has 0 heterocycles. The molecule has 0 amide bonds. The van der Waals surface area contributed by atoms with Crippen LogP contribution < -0.4 is 0 Å². The van der Waals surface area contributed by atoms with Gasteiger partial charge in [-0.2, -0.15) is 0 Å². The van der Waals surface area contributed by atoms with E-state index in [0.717, 1.165) is 16.9 Å². The minimum absolute atomic E-state index is 1.02. The summed E-state index contributed by atoms with van der Waals surface area (Å²) in [6, 6.07) is 9.40. The van der Waals surface area contributed by atoms with Crippen LogP contribution in [0.25, 0.3) is 0 Å². The number of halogens is 1. The van der Waals surface area contributed by atoms with Crippen molar-refractivity contribution in [2.45, 2.75) is 12.5 Å². The Bertz CT molecular complexity index is 259. The van der Waals surface area contributed by atoms with Crippen molar-refractivity contribution in [2.24, 2.45) is 0 Å². The molecule has 0 bridgehead atoms. The molecule has 0 unspecified atom stereocenters. The number of rotatable bonds is 5. The lowest BCUT2D eigenvalue weighted by Gasteiger charge is -2.10. The van der Waals surface area contributed by atoms with Gasteiger partial charge in [0.15, 0.2) is 0 Å². The first-order valence-electron chi connectivity index (χ1n) is 4.56. The molecule has 0 aliphatic rings. The highest BCUT2D eigenvalue weighted by atomic mass is 79.9. The third-order valence-corrected chi connectivity index (χ3v) is 4.45. The molecule has 0 aliphatic carbocycles. The molecule has 0 saturated carbocycles. The van der Waals surface area contributed by atoms with Crippen molar-refractivity contribution in [3.8, 4) is 0 Å². The van der Waals surface area contributed by atoms with Gasteiger partial charge in [0.05, 0.1) is 0 Å². The van der Waals surface area contributed by atoms with Crippen LogP contribution in [-0.2, 0) is 15.3 Å². The average Bonchev–Trinajstić information content (AvgIpc) is 2.22. The van der Waals surface area contributed by atoms with Gasteiger partial charge in [-0.05, 0) is 30.2 Å². The van der Waals surface area contributed by atoms with E-state index < -0.39 is 9.28 Å². The van der Waals surface area contributed by atoms with Crippen molar-refractivity contribution in [3.63, 3.8) is 0 Å².